The molecule has 6 heteroatoms. The maximum absolute atomic E-state index is 6.75. The Hall–Kier alpha value is 0.230. The predicted octanol–water partition coefficient (Wildman–Crippen LogP) is -2.10. The van der Waals surface area contributed by atoms with E-state index >= 15 is 0 Å². The number of hydrogen-bond acceptors (Lipinski definition) is 2. The van der Waals surface area contributed by atoms with E-state index in [2.05, 4.69) is 0 Å². The van der Waals surface area contributed by atoms with Crippen LogP contribution in [0, 0.1) is 0 Å². The SMILES string of the molecule is C1COCCO1.[N-]=[N+]=[N-].[Na+]. The van der Waals surface area contributed by atoms with Gasteiger partial charge in [-0.05, 0) is 0 Å². The van der Waals surface area contributed by atoms with E-state index in [0.29, 0.717) is 0 Å². The summed E-state index contributed by atoms with van der Waals surface area (Å²) in [6.07, 6.45) is 0. The summed E-state index contributed by atoms with van der Waals surface area (Å²) in [5.74, 6) is 0. The molecule has 1 saturated heterocycles. The summed E-state index contributed by atoms with van der Waals surface area (Å²) in [6, 6.07) is 0. The van der Waals surface area contributed by atoms with Gasteiger partial charge in [0, 0.05) is 0 Å². The third kappa shape index (κ3) is 11.1. The van der Waals surface area contributed by atoms with Crippen LogP contribution < -0.4 is 29.6 Å². The Bertz CT molecular complexity index is 79.0. The van der Waals surface area contributed by atoms with Crippen molar-refractivity contribution in [3.63, 3.8) is 0 Å². The Morgan fingerprint density at radius 3 is 1.20 bits per heavy atom. The van der Waals surface area contributed by atoms with Crippen molar-refractivity contribution in [1.82, 2.24) is 0 Å². The Kier molecular flexibility index (Phi) is 15.4. The van der Waals surface area contributed by atoms with Gasteiger partial charge in [-0.2, -0.15) is 0 Å². The molecule has 0 N–H and O–H groups in total. The minimum absolute atomic E-state index is 0. The van der Waals surface area contributed by atoms with Crippen molar-refractivity contribution in [1.29, 1.82) is 0 Å². The zero-order valence-corrected chi connectivity index (χ0v) is 7.99. The fraction of sp³-hybridized carbons (Fsp3) is 1.00. The van der Waals surface area contributed by atoms with E-state index in [9.17, 15) is 0 Å². The average molecular weight is 153 g/mol. The zero-order valence-electron chi connectivity index (χ0n) is 5.99. The van der Waals surface area contributed by atoms with E-state index < -0.39 is 0 Å². The second-order valence-electron chi connectivity index (χ2n) is 1.31. The Morgan fingerprint density at radius 2 is 1.10 bits per heavy atom. The molecule has 52 valence electrons. The minimum atomic E-state index is 0. The first-order chi connectivity index (χ1) is 4.41. The molecule has 0 aromatic rings. The van der Waals surface area contributed by atoms with Crippen molar-refractivity contribution >= 4 is 0 Å². The molecule has 0 amide bonds. The fourth-order valence-corrected chi connectivity index (χ4v) is 0.440. The van der Waals surface area contributed by atoms with Gasteiger partial charge in [0.25, 0.3) is 0 Å². The summed E-state index contributed by atoms with van der Waals surface area (Å²) in [4.78, 5) is 1.50. The fourth-order valence-electron chi connectivity index (χ4n) is 0.440. The summed E-state index contributed by atoms with van der Waals surface area (Å²) < 4.78 is 9.89. The molecular formula is C4H8N3NaO2. The van der Waals surface area contributed by atoms with Gasteiger partial charge < -0.3 is 20.5 Å². The maximum Gasteiger partial charge on any atom is 1.00 e. The molecule has 0 aliphatic carbocycles. The first-order valence-corrected chi connectivity index (χ1v) is 2.55. The maximum atomic E-state index is 6.75. The van der Waals surface area contributed by atoms with Gasteiger partial charge in [-0.15, -0.1) is 0 Å². The number of ether oxygens (including phenoxy) is 2. The van der Waals surface area contributed by atoms with E-state index in [1.165, 1.54) is 4.91 Å². The molecule has 0 unspecified atom stereocenters. The van der Waals surface area contributed by atoms with Gasteiger partial charge in [0.05, 0.1) is 26.4 Å². The minimum Gasteiger partial charge on any atom is -0.377 e. The molecule has 5 nitrogen and oxygen atoms in total. The van der Waals surface area contributed by atoms with Gasteiger partial charge in [-0.25, -0.2) is 0 Å². The monoisotopic (exact) mass is 153 g/mol. The van der Waals surface area contributed by atoms with Gasteiger partial charge in [0.15, 0.2) is 0 Å². The molecule has 1 heterocycles. The van der Waals surface area contributed by atoms with Crippen LogP contribution >= 0.6 is 0 Å². The molecule has 0 atom stereocenters. The van der Waals surface area contributed by atoms with Gasteiger partial charge in [-0.1, -0.05) is 0 Å². The van der Waals surface area contributed by atoms with Gasteiger partial charge in [-0.3, -0.25) is 4.91 Å². The van der Waals surface area contributed by atoms with Crippen molar-refractivity contribution in [2.75, 3.05) is 26.4 Å². The van der Waals surface area contributed by atoms with Crippen LogP contribution in [0.3, 0.4) is 0 Å². The third-order valence-corrected chi connectivity index (χ3v) is 0.744. The Balaban J connectivity index is 0. The molecule has 1 aliphatic rings. The van der Waals surface area contributed by atoms with Crippen LogP contribution in [0.5, 0.6) is 0 Å². The van der Waals surface area contributed by atoms with Crippen LogP contribution in [0.4, 0.5) is 0 Å². The van der Waals surface area contributed by atoms with E-state index in [1.807, 2.05) is 0 Å². The molecule has 0 radical (unpaired) electrons. The van der Waals surface area contributed by atoms with Crippen LogP contribution in [-0.4, -0.2) is 26.4 Å². The summed E-state index contributed by atoms with van der Waals surface area (Å²) in [5.41, 5.74) is 13.5. The second kappa shape index (κ2) is 12.0. The smallest absolute Gasteiger partial charge is 0.377 e. The number of nitrogens with zero attached hydrogens (tertiary/aromatic N) is 3. The van der Waals surface area contributed by atoms with E-state index in [-0.39, 0.29) is 29.6 Å². The Labute approximate surface area is 81.4 Å². The van der Waals surface area contributed by atoms with Crippen LogP contribution in [0.25, 0.3) is 16.0 Å². The van der Waals surface area contributed by atoms with Crippen molar-refractivity contribution in [2.24, 2.45) is 0 Å². The van der Waals surface area contributed by atoms with Gasteiger partial charge in [0.2, 0.25) is 0 Å². The quantitative estimate of drug-likeness (QED) is 0.173. The second-order valence-corrected chi connectivity index (χ2v) is 1.31. The van der Waals surface area contributed by atoms with Gasteiger partial charge >= 0.3 is 29.6 Å². The van der Waals surface area contributed by atoms with Crippen molar-refractivity contribution < 1.29 is 39.0 Å². The summed E-state index contributed by atoms with van der Waals surface area (Å²) in [7, 11) is 0. The zero-order chi connectivity index (χ0) is 6.95. The molecule has 0 aromatic heterocycles. The topological polar surface area (TPSA) is 77.2 Å². The van der Waals surface area contributed by atoms with E-state index in [4.69, 9.17) is 20.5 Å². The largest absolute Gasteiger partial charge is 1.00 e. The van der Waals surface area contributed by atoms with Crippen molar-refractivity contribution in [2.45, 2.75) is 0 Å². The first kappa shape index (κ1) is 12.9. The number of hydrogen-bond donors (Lipinski definition) is 0. The van der Waals surface area contributed by atoms with Crippen LogP contribution in [0.2, 0.25) is 0 Å². The van der Waals surface area contributed by atoms with Crippen LogP contribution in [-0.2, 0) is 9.47 Å². The third-order valence-electron chi connectivity index (χ3n) is 0.744. The Morgan fingerprint density at radius 1 is 0.900 bits per heavy atom. The molecule has 0 spiro atoms. The molecule has 1 fully saturated rings. The molecule has 1 aliphatic heterocycles. The van der Waals surface area contributed by atoms with Crippen molar-refractivity contribution in [3.8, 4) is 0 Å². The summed E-state index contributed by atoms with van der Waals surface area (Å²) in [5, 5.41) is 0. The standard InChI is InChI=1S/C4H8O2.N3.Na/c1-2-6-4-3-5-1;1-3-2;/h1-4H2;;/q;-1;+1. The van der Waals surface area contributed by atoms with E-state index in [0.717, 1.165) is 26.4 Å². The van der Waals surface area contributed by atoms with Gasteiger partial charge in [0.1, 0.15) is 0 Å². The molecule has 0 bridgehead atoms. The van der Waals surface area contributed by atoms with E-state index in [1.54, 1.807) is 0 Å². The van der Waals surface area contributed by atoms with Crippen LogP contribution in [0.1, 0.15) is 0 Å². The molecule has 10 heavy (non-hydrogen) atoms. The molecule has 1 rings (SSSR count). The van der Waals surface area contributed by atoms with Crippen LogP contribution in [0.15, 0.2) is 0 Å². The molecule has 0 aromatic carbocycles. The average Bonchev–Trinajstić information content (AvgIpc) is 1.93. The predicted molar refractivity (Wildman–Crippen MR) is 31.7 cm³/mol. The first-order valence-electron chi connectivity index (χ1n) is 2.55. The molecular weight excluding hydrogens is 145 g/mol. The molecule has 0 saturated carbocycles. The van der Waals surface area contributed by atoms with Crippen molar-refractivity contribution in [3.05, 3.63) is 16.0 Å². The summed E-state index contributed by atoms with van der Waals surface area (Å²) >= 11 is 0. The normalized spacial score (nSPS) is 15.2. The number of rotatable bonds is 0. The summed E-state index contributed by atoms with van der Waals surface area (Å²) in [6.45, 7) is 3.11.